The summed E-state index contributed by atoms with van der Waals surface area (Å²) in [6.07, 6.45) is -0.831. The van der Waals surface area contributed by atoms with E-state index in [1.165, 1.54) is 0 Å². The molecule has 0 amide bonds. The van der Waals surface area contributed by atoms with Crippen LogP contribution in [0.3, 0.4) is 0 Å². The highest BCUT2D eigenvalue weighted by Crippen LogP contribution is 2.17. The Morgan fingerprint density at radius 1 is 1.28 bits per heavy atom. The van der Waals surface area contributed by atoms with Crippen LogP contribution >= 0.6 is 0 Å². The summed E-state index contributed by atoms with van der Waals surface area (Å²) in [6, 6.07) is 7.35. The van der Waals surface area contributed by atoms with Crippen LogP contribution in [0.4, 0.5) is 5.69 Å². The Morgan fingerprint density at radius 3 is 2.28 bits per heavy atom. The van der Waals surface area contributed by atoms with Gasteiger partial charge in [-0.2, -0.15) is 0 Å². The monoisotopic (exact) mass is 272 g/mol. The van der Waals surface area contributed by atoms with E-state index in [0.29, 0.717) is 5.56 Å². The minimum atomic E-state index is -3.26. The van der Waals surface area contributed by atoms with Crippen LogP contribution in [0.5, 0.6) is 0 Å². The van der Waals surface area contributed by atoms with E-state index in [9.17, 15) is 13.5 Å². The van der Waals surface area contributed by atoms with E-state index in [2.05, 4.69) is 4.72 Å². The number of nitrogens with one attached hydrogen (secondary N) is 1. The van der Waals surface area contributed by atoms with Crippen LogP contribution in [0, 0.1) is 0 Å². The maximum Gasteiger partial charge on any atom is 0.211 e. The third-order valence-corrected chi connectivity index (χ3v) is 4.04. The first-order valence-electron chi connectivity index (χ1n) is 5.78. The Bertz CT molecular complexity index is 469. The lowest BCUT2D eigenvalue weighted by Crippen LogP contribution is -2.29. The van der Waals surface area contributed by atoms with E-state index in [4.69, 9.17) is 0 Å². The van der Waals surface area contributed by atoms with Crippen molar-refractivity contribution in [2.75, 3.05) is 31.3 Å². The number of aliphatic hydroxyl groups is 1. The molecule has 0 aliphatic rings. The molecule has 102 valence electrons. The van der Waals surface area contributed by atoms with E-state index in [1.54, 1.807) is 19.1 Å². The molecule has 0 aromatic heterocycles. The maximum atomic E-state index is 11.2. The van der Waals surface area contributed by atoms with Crippen molar-refractivity contribution >= 4 is 15.7 Å². The van der Waals surface area contributed by atoms with E-state index < -0.39 is 16.1 Å². The van der Waals surface area contributed by atoms with E-state index in [1.807, 2.05) is 31.1 Å². The average Bonchev–Trinajstić information content (AvgIpc) is 2.36. The van der Waals surface area contributed by atoms with Gasteiger partial charge in [-0.1, -0.05) is 12.1 Å². The van der Waals surface area contributed by atoms with Crippen molar-refractivity contribution < 1.29 is 13.5 Å². The van der Waals surface area contributed by atoms with Gasteiger partial charge in [0.2, 0.25) is 10.0 Å². The van der Waals surface area contributed by atoms with Crippen molar-refractivity contribution in [3.8, 4) is 0 Å². The second-order valence-corrected chi connectivity index (χ2v) is 6.35. The van der Waals surface area contributed by atoms with Crippen molar-refractivity contribution in [2.24, 2.45) is 0 Å². The van der Waals surface area contributed by atoms with Crippen molar-refractivity contribution in [1.82, 2.24) is 4.72 Å². The maximum absolute atomic E-state index is 11.2. The largest absolute Gasteiger partial charge is 0.387 e. The molecule has 1 atom stereocenters. The number of anilines is 1. The fourth-order valence-electron chi connectivity index (χ4n) is 1.42. The van der Waals surface area contributed by atoms with Gasteiger partial charge in [0.1, 0.15) is 0 Å². The molecule has 1 unspecified atom stereocenters. The summed E-state index contributed by atoms with van der Waals surface area (Å²) in [7, 11) is 0.600. The molecule has 18 heavy (non-hydrogen) atoms. The zero-order chi connectivity index (χ0) is 13.8. The molecule has 0 saturated carbocycles. The molecule has 6 heteroatoms. The Labute approximate surface area is 108 Å². The van der Waals surface area contributed by atoms with Crippen LogP contribution in [-0.2, 0) is 10.0 Å². The molecule has 1 aromatic rings. The van der Waals surface area contributed by atoms with Crippen molar-refractivity contribution in [2.45, 2.75) is 13.0 Å². The van der Waals surface area contributed by atoms with E-state index in [-0.39, 0.29) is 12.3 Å². The lowest BCUT2D eigenvalue weighted by Gasteiger charge is -2.15. The highest BCUT2D eigenvalue weighted by atomic mass is 32.2. The minimum Gasteiger partial charge on any atom is -0.387 e. The molecule has 0 bridgehead atoms. The molecule has 2 N–H and O–H groups in total. The van der Waals surface area contributed by atoms with Crippen LogP contribution in [-0.4, -0.2) is 39.9 Å². The lowest BCUT2D eigenvalue weighted by atomic mass is 10.1. The van der Waals surface area contributed by atoms with Crippen molar-refractivity contribution in [1.29, 1.82) is 0 Å². The van der Waals surface area contributed by atoms with Gasteiger partial charge in [0.25, 0.3) is 0 Å². The number of hydrogen-bond donors (Lipinski definition) is 2. The zero-order valence-electron chi connectivity index (χ0n) is 10.9. The fraction of sp³-hybridized carbons (Fsp3) is 0.500. The van der Waals surface area contributed by atoms with Gasteiger partial charge < -0.3 is 10.0 Å². The summed E-state index contributed by atoms with van der Waals surface area (Å²) < 4.78 is 24.9. The van der Waals surface area contributed by atoms with Crippen molar-refractivity contribution in [3.05, 3.63) is 29.8 Å². The van der Waals surface area contributed by atoms with Gasteiger partial charge in [-0.05, 0) is 24.6 Å². The molecular weight excluding hydrogens is 252 g/mol. The molecule has 0 heterocycles. The van der Waals surface area contributed by atoms with Crippen LogP contribution in [0.15, 0.2) is 24.3 Å². The molecule has 0 saturated heterocycles. The summed E-state index contributed by atoms with van der Waals surface area (Å²) in [5.74, 6) is 0.0132. The van der Waals surface area contributed by atoms with Gasteiger partial charge >= 0.3 is 0 Å². The van der Waals surface area contributed by atoms with Crippen LogP contribution in [0.2, 0.25) is 0 Å². The highest BCUT2D eigenvalue weighted by molar-refractivity contribution is 7.89. The standard InChI is InChI=1S/C12H20N2O3S/c1-4-18(16,17)13-9-12(15)10-5-7-11(8-6-10)14(2)3/h5-8,12-13,15H,4,9H2,1-3H3. The Hall–Kier alpha value is -1.11. The smallest absolute Gasteiger partial charge is 0.211 e. The molecule has 0 fully saturated rings. The SMILES string of the molecule is CCS(=O)(=O)NCC(O)c1ccc(N(C)C)cc1. The summed E-state index contributed by atoms with van der Waals surface area (Å²) in [4.78, 5) is 1.95. The van der Waals surface area contributed by atoms with Gasteiger partial charge in [-0.25, -0.2) is 13.1 Å². The second kappa shape index (κ2) is 6.17. The van der Waals surface area contributed by atoms with Crippen LogP contribution in [0.1, 0.15) is 18.6 Å². The Morgan fingerprint density at radius 2 is 1.83 bits per heavy atom. The zero-order valence-corrected chi connectivity index (χ0v) is 11.7. The van der Waals surface area contributed by atoms with Gasteiger partial charge in [-0.15, -0.1) is 0 Å². The summed E-state index contributed by atoms with van der Waals surface area (Å²) in [5, 5.41) is 9.87. The van der Waals surface area contributed by atoms with Crippen molar-refractivity contribution in [3.63, 3.8) is 0 Å². The number of nitrogens with zero attached hydrogens (tertiary/aromatic N) is 1. The molecule has 1 rings (SSSR count). The quantitative estimate of drug-likeness (QED) is 0.801. The van der Waals surface area contributed by atoms with E-state index in [0.717, 1.165) is 5.69 Å². The molecule has 0 spiro atoms. The van der Waals surface area contributed by atoms with Gasteiger partial charge in [0.05, 0.1) is 11.9 Å². The molecule has 0 aliphatic heterocycles. The lowest BCUT2D eigenvalue weighted by molar-refractivity contribution is 0.182. The molecular formula is C12H20N2O3S. The number of benzene rings is 1. The summed E-state index contributed by atoms with van der Waals surface area (Å²) in [6.45, 7) is 1.55. The highest BCUT2D eigenvalue weighted by Gasteiger charge is 2.12. The number of hydrogen-bond acceptors (Lipinski definition) is 4. The Kier molecular flexibility index (Phi) is 5.13. The normalized spacial score (nSPS) is 13.3. The number of sulfonamides is 1. The van der Waals surface area contributed by atoms with Crippen LogP contribution in [0.25, 0.3) is 0 Å². The van der Waals surface area contributed by atoms with Gasteiger partial charge in [0, 0.05) is 26.3 Å². The first-order valence-corrected chi connectivity index (χ1v) is 7.43. The second-order valence-electron chi connectivity index (χ2n) is 4.25. The summed E-state index contributed by atoms with van der Waals surface area (Å²) >= 11 is 0. The average molecular weight is 272 g/mol. The predicted molar refractivity (Wildman–Crippen MR) is 73.2 cm³/mol. The molecule has 1 aromatic carbocycles. The predicted octanol–water partition coefficient (Wildman–Crippen LogP) is 0.725. The minimum absolute atomic E-state index is 0.00250. The molecule has 0 aliphatic carbocycles. The van der Waals surface area contributed by atoms with Gasteiger partial charge in [0.15, 0.2) is 0 Å². The van der Waals surface area contributed by atoms with Crippen LogP contribution < -0.4 is 9.62 Å². The Balaban J connectivity index is 2.65. The molecule has 0 radical (unpaired) electrons. The van der Waals surface area contributed by atoms with E-state index >= 15 is 0 Å². The number of aliphatic hydroxyl groups excluding tert-OH is 1. The third kappa shape index (κ3) is 4.29. The fourth-order valence-corrected chi connectivity index (χ4v) is 2.04. The third-order valence-electron chi connectivity index (χ3n) is 2.67. The topological polar surface area (TPSA) is 69.6 Å². The summed E-state index contributed by atoms with van der Waals surface area (Å²) in [5.41, 5.74) is 1.72. The number of rotatable bonds is 6. The van der Waals surface area contributed by atoms with Gasteiger partial charge in [-0.3, -0.25) is 0 Å². The first-order chi connectivity index (χ1) is 8.35. The molecule has 5 nitrogen and oxygen atoms in total. The first kappa shape index (κ1) is 14.9.